The smallest absolute Gasteiger partial charge is 0.167 e. The van der Waals surface area contributed by atoms with E-state index in [1.807, 2.05) is 6.92 Å². The Hall–Kier alpha value is -0.200. The Kier molecular flexibility index (Phi) is 3.22. The van der Waals surface area contributed by atoms with Gasteiger partial charge in [0.25, 0.3) is 0 Å². The molecule has 0 aromatic carbocycles. The molecule has 1 aliphatic heterocycles. The molecule has 1 rings (SSSR count). The number of hydrogen-bond donors (Lipinski definition) is 3. The van der Waals surface area contributed by atoms with Gasteiger partial charge in [-0.05, 0) is 6.92 Å². The molecule has 2 unspecified atom stereocenters. The molecule has 1 saturated heterocycles. The maximum Gasteiger partial charge on any atom is 0.167 e. The van der Waals surface area contributed by atoms with Crippen molar-refractivity contribution in [2.24, 2.45) is 0 Å². The van der Waals surface area contributed by atoms with Crippen molar-refractivity contribution in [3.05, 3.63) is 0 Å². The van der Waals surface area contributed by atoms with E-state index in [1.165, 1.54) is 0 Å². The largest absolute Gasteiger partial charge is 0.353 e. The molecule has 5 heteroatoms. The molecule has 0 bridgehead atoms. The number of ether oxygens (including phenoxy) is 2. The quantitative estimate of drug-likeness (QED) is 0.484. The second kappa shape index (κ2) is 3.99. The highest BCUT2D eigenvalue weighted by Crippen LogP contribution is 1.94. The van der Waals surface area contributed by atoms with Crippen LogP contribution in [0.4, 0.5) is 0 Å². The van der Waals surface area contributed by atoms with Crippen LogP contribution in [0.25, 0.3) is 0 Å². The van der Waals surface area contributed by atoms with Gasteiger partial charge >= 0.3 is 0 Å². The average molecular weight is 161 g/mol. The first kappa shape index (κ1) is 8.89. The van der Waals surface area contributed by atoms with E-state index in [9.17, 15) is 0 Å². The SMILES string of the molecule is COC1NC(C)NC(OC)N1. The van der Waals surface area contributed by atoms with Crippen molar-refractivity contribution in [1.29, 1.82) is 0 Å². The second-order valence-corrected chi connectivity index (χ2v) is 2.45. The monoisotopic (exact) mass is 161 g/mol. The van der Waals surface area contributed by atoms with Crippen LogP contribution in [0.15, 0.2) is 0 Å². The Labute approximate surface area is 66.4 Å². The third-order valence-corrected chi connectivity index (χ3v) is 1.58. The van der Waals surface area contributed by atoms with Crippen LogP contribution in [-0.2, 0) is 9.47 Å². The molecule has 1 aliphatic rings. The summed E-state index contributed by atoms with van der Waals surface area (Å²) in [5, 5.41) is 9.23. The van der Waals surface area contributed by atoms with Crippen LogP contribution in [0.3, 0.4) is 0 Å². The lowest BCUT2D eigenvalue weighted by Gasteiger charge is -2.35. The molecule has 0 aromatic rings. The summed E-state index contributed by atoms with van der Waals surface area (Å²) in [6.07, 6.45) is -0.0986. The third kappa shape index (κ3) is 2.39. The first-order valence-electron chi connectivity index (χ1n) is 3.60. The standard InChI is InChI=1S/C6H15N3O2/c1-4-7-5(10-2)9-6(8-4)11-3/h4-9H,1-3H3. The summed E-state index contributed by atoms with van der Waals surface area (Å²) in [4.78, 5) is 0. The molecule has 3 N–H and O–H groups in total. The minimum Gasteiger partial charge on any atom is -0.353 e. The summed E-state index contributed by atoms with van der Waals surface area (Å²) in [5.74, 6) is 0. The van der Waals surface area contributed by atoms with E-state index in [-0.39, 0.29) is 18.9 Å². The zero-order chi connectivity index (χ0) is 8.27. The summed E-state index contributed by atoms with van der Waals surface area (Å²) in [6.45, 7) is 2.00. The second-order valence-electron chi connectivity index (χ2n) is 2.45. The lowest BCUT2D eigenvalue weighted by Crippen LogP contribution is -2.67. The molecule has 1 fully saturated rings. The molecule has 2 atom stereocenters. The Morgan fingerprint density at radius 3 is 1.73 bits per heavy atom. The van der Waals surface area contributed by atoms with Gasteiger partial charge < -0.3 is 9.47 Å². The fraction of sp³-hybridized carbons (Fsp3) is 1.00. The molecule has 0 amide bonds. The molecule has 0 aliphatic carbocycles. The van der Waals surface area contributed by atoms with E-state index in [1.54, 1.807) is 14.2 Å². The molecule has 1 heterocycles. The molecular weight excluding hydrogens is 146 g/mol. The highest BCUT2D eigenvalue weighted by Gasteiger charge is 2.22. The van der Waals surface area contributed by atoms with Gasteiger partial charge in [0.15, 0.2) is 12.7 Å². The summed E-state index contributed by atoms with van der Waals surface area (Å²) >= 11 is 0. The summed E-state index contributed by atoms with van der Waals surface area (Å²) in [5.41, 5.74) is 0. The van der Waals surface area contributed by atoms with E-state index in [4.69, 9.17) is 9.47 Å². The Morgan fingerprint density at radius 1 is 0.909 bits per heavy atom. The summed E-state index contributed by atoms with van der Waals surface area (Å²) < 4.78 is 10.1. The van der Waals surface area contributed by atoms with Crippen molar-refractivity contribution in [2.75, 3.05) is 14.2 Å². The topological polar surface area (TPSA) is 54.5 Å². The molecule has 66 valence electrons. The summed E-state index contributed by atoms with van der Waals surface area (Å²) in [6, 6.07) is 0. The van der Waals surface area contributed by atoms with E-state index in [0.29, 0.717) is 0 Å². The van der Waals surface area contributed by atoms with Crippen LogP contribution >= 0.6 is 0 Å². The molecule has 0 radical (unpaired) electrons. The minimum atomic E-state index is -0.142. The lowest BCUT2D eigenvalue weighted by atomic mass is 10.5. The van der Waals surface area contributed by atoms with Gasteiger partial charge in [-0.25, -0.2) is 5.32 Å². The average Bonchev–Trinajstić information content (AvgIpc) is 2.03. The third-order valence-electron chi connectivity index (χ3n) is 1.58. The van der Waals surface area contributed by atoms with Gasteiger partial charge in [0, 0.05) is 14.2 Å². The van der Waals surface area contributed by atoms with E-state index in [2.05, 4.69) is 16.0 Å². The van der Waals surface area contributed by atoms with Gasteiger partial charge in [0.1, 0.15) is 0 Å². The van der Waals surface area contributed by atoms with E-state index < -0.39 is 0 Å². The highest BCUT2D eigenvalue weighted by molar-refractivity contribution is 4.70. The normalized spacial score (nSPS) is 39.0. The number of methoxy groups -OCH3 is 2. The maximum absolute atomic E-state index is 5.05. The Bertz CT molecular complexity index is 110. The fourth-order valence-electron chi connectivity index (χ4n) is 1.01. The fourth-order valence-corrected chi connectivity index (χ4v) is 1.01. The van der Waals surface area contributed by atoms with Crippen molar-refractivity contribution in [1.82, 2.24) is 16.0 Å². The molecular formula is C6H15N3O2. The van der Waals surface area contributed by atoms with Gasteiger partial charge in [0.05, 0.1) is 6.17 Å². The van der Waals surface area contributed by atoms with Crippen LogP contribution in [0, 0.1) is 0 Å². The van der Waals surface area contributed by atoms with Crippen molar-refractivity contribution in [3.63, 3.8) is 0 Å². The van der Waals surface area contributed by atoms with Crippen LogP contribution < -0.4 is 16.0 Å². The number of hydrogen-bond acceptors (Lipinski definition) is 5. The van der Waals surface area contributed by atoms with Crippen LogP contribution in [0.2, 0.25) is 0 Å². The van der Waals surface area contributed by atoms with Gasteiger partial charge in [-0.1, -0.05) is 0 Å². The molecule has 0 aromatic heterocycles. The number of nitrogens with one attached hydrogen (secondary N) is 3. The van der Waals surface area contributed by atoms with Crippen LogP contribution in [-0.4, -0.2) is 33.1 Å². The van der Waals surface area contributed by atoms with Gasteiger partial charge in [-0.3, -0.25) is 10.6 Å². The number of rotatable bonds is 2. The molecule has 5 nitrogen and oxygen atoms in total. The molecule has 11 heavy (non-hydrogen) atoms. The first-order chi connectivity index (χ1) is 5.26. The van der Waals surface area contributed by atoms with Crippen molar-refractivity contribution in [3.8, 4) is 0 Å². The van der Waals surface area contributed by atoms with Crippen molar-refractivity contribution >= 4 is 0 Å². The summed E-state index contributed by atoms with van der Waals surface area (Å²) in [7, 11) is 3.27. The minimum absolute atomic E-state index is 0.142. The molecule has 0 spiro atoms. The molecule has 0 saturated carbocycles. The Morgan fingerprint density at radius 2 is 1.36 bits per heavy atom. The Balaban J connectivity index is 2.37. The van der Waals surface area contributed by atoms with Crippen molar-refractivity contribution in [2.45, 2.75) is 25.8 Å². The van der Waals surface area contributed by atoms with Crippen LogP contribution in [0.1, 0.15) is 6.92 Å². The van der Waals surface area contributed by atoms with Gasteiger partial charge in [-0.15, -0.1) is 0 Å². The zero-order valence-electron chi connectivity index (χ0n) is 7.05. The zero-order valence-corrected chi connectivity index (χ0v) is 7.05. The van der Waals surface area contributed by atoms with E-state index in [0.717, 1.165) is 0 Å². The van der Waals surface area contributed by atoms with E-state index >= 15 is 0 Å². The van der Waals surface area contributed by atoms with Crippen LogP contribution in [0.5, 0.6) is 0 Å². The van der Waals surface area contributed by atoms with Gasteiger partial charge in [-0.2, -0.15) is 0 Å². The van der Waals surface area contributed by atoms with Gasteiger partial charge in [0.2, 0.25) is 0 Å². The maximum atomic E-state index is 5.05. The predicted octanol–water partition coefficient (Wildman–Crippen LogP) is -1.03. The van der Waals surface area contributed by atoms with Crippen molar-refractivity contribution < 1.29 is 9.47 Å². The highest BCUT2D eigenvalue weighted by atomic mass is 16.5. The predicted molar refractivity (Wildman–Crippen MR) is 40.5 cm³/mol. The first-order valence-corrected chi connectivity index (χ1v) is 3.60. The lowest BCUT2D eigenvalue weighted by molar-refractivity contribution is -0.0809.